The van der Waals surface area contributed by atoms with Crippen LogP contribution in [0.1, 0.15) is 37.6 Å². The average Bonchev–Trinajstić information content (AvgIpc) is 2.40. The van der Waals surface area contributed by atoms with Crippen LogP contribution in [0.25, 0.3) is 0 Å². The standard InChI is InChI=1S/C11H18N2O2/c1-7(2)5-9(11(14)15)10-6-8(3)12-13(10)4/h6-7,9H,5H2,1-4H3,(H,14,15). The fourth-order valence-electron chi connectivity index (χ4n) is 1.78. The second-order valence-electron chi connectivity index (χ2n) is 4.35. The van der Waals surface area contributed by atoms with Crippen LogP contribution in [-0.2, 0) is 11.8 Å². The molecule has 1 atom stereocenters. The number of carbonyl (C=O) groups is 1. The third kappa shape index (κ3) is 2.81. The van der Waals surface area contributed by atoms with E-state index in [-0.39, 0.29) is 0 Å². The van der Waals surface area contributed by atoms with Crippen molar-refractivity contribution in [3.8, 4) is 0 Å². The van der Waals surface area contributed by atoms with Crippen LogP contribution in [0, 0.1) is 12.8 Å². The highest BCUT2D eigenvalue weighted by atomic mass is 16.4. The van der Waals surface area contributed by atoms with Crippen LogP contribution in [0.15, 0.2) is 6.07 Å². The number of carboxylic acids is 1. The highest BCUT2D eigenvalue weighted by Crippen LogP contribution is 2.24. The fraction of sp³-hybridized carbons (Fsp3) is 0.636. The molecule has 84 valence electrons. The average molecular weight is 210 g/mol. The molecule has 1 aromatic heterocycles. The van der Waals surface area contributed by atoms with Gasteiger partial charge in [-0.15, -0.1) is 0 Å². The lowest BCUT2D eigenvalue weighted by molar-refractivity contribution is -0.139. The quantitative estimate of drug-likeness (QED) is 0.826. The Morgan fingerprint density at radius 2 is 2.20 bits per heavy atom. The molecule has 4 nitrogen and oxygen atoms in total. The largest absolute Gasteiger partial charge is 0.481 e. The molecule has 1 unspecified atom stereocenters. The van der Waals surface area contributed by atoms with E-state index in [9.17, 15) is 4.79 Å². The van der Waals surface area contributed by atoms with E-state index in [1.165, 1.54) is 0 Å². The van der Waals surface area contributed by atoms with E-state index < -0.39 is 11.9 Å². The molecule has 1 heterocycles. The molecule has 0 saturated carbocycles. The maximum atomic E-state index is 11.2. The summed E-state index contributed by atoms with van der Waals surface area (Å²) >= 11 is 0. The number of carboxylic acid groups (broad SMARTS) is 1. The van der Waals surface area contributed by atoms with Gasteiger partial charge >= 0.3 is 5.97 Å². The smallest absolute Gasteiger partial charge is 0.312 e. The first-order chi connectivity index (χ1) is 6.91. The number of aryl methyl sites for hydroxylation is 2. The minimum atomic E-state index is -0.772. The fourth-order valence-corrected chi connectivity index (χ4v) is 1.78. The topological polar surface area (TPSA) is 55.1 Å². The molecule has 0 amide bonds. The van der Waals surface area contributed by atoms with Gasteiger partial charge in [-0.05, 0) is 25.3 Å². The van der Waals surface area contributed by atoms with Gasteiger partial charge in [-0.2, -0.15) is 5.10 Å². The Morgan fingerprint density at radius 3 is 2.53 bits per heavy atom. The summed E-state index contributed by atoms with van der Waals surface area (Å²) in [4.78, 5) is 11.2. The first-order valence-electron chi connectivity index (χ1n) is 5.15. The van der Waals surface area contributed by atoms with Crippen molar-refractivity contribution in [1.29, 1.82) is 0 Å². The maximum Gasteiger partial charge on any atom is 0.312 e. The molecule has 0 fully saturated rings. The molecule has 0 radical (unpaired) electrons. The van der Waals surface area contributed by atoms with Gasteiger partial charge in [0.15, 0.2) is 0 Å². The highest BCUT2D eigenvalue weighted by Gasteiger charge is 2.24. The van der Waals surface area contributed by atoms with Gasteiger partial charge in [-0.3, -0.25) is 9.48 Å². The van der Waals surface area contributed by atoms with E-state index in [2.05, 4.69) is 5.10 Å². The van der Waals surface area contributed by atoms with Gasteiger partial charge < -0.3 is 5.11 Å². The summed E-state index contributed by atoms with van der Waals surface area (Å²) in [7, 11) is 1.79. The van der Waals surface area contributed by atoms with Crippen molar-refractivity contribution < 1.29 is 9.90 Å². The minimum absolute atomic E-state index is 0.362. The van der Waals surface area contributed by atoms with Crippen molar-refractivity contribution >= 4 is 5.97 Å². The molecule has 0 aliphatic rings. The Hall–Kier alpha value is -1.32. The van der Waals surface area contributed by atoms with E-state index >= 15 is 0 Å². The lowest BCUT2D eigenvalue weighted by atomic mass is 9.94. The summed E-state index contributed by atoms with van der Waals surface area (Å²) in [6, 6.07) is 1.85. The Labute approximate surface area is 89.9 Å². The third-order valence-corrected chi connectivity index (χ3v) is 2.40. The Bertz CT molecular complexity index is 355. The van der Waals surface area contributed by atoms with Gasteiger partial charge in [0, 0.05) is 7.05 Å². The molecular formula is C11H18N2O2. The number of aliphatic carboxylic acids is 1. The number of rotatable bonds is 4. The zero-order chi connectivity index (χ0) is 11.6. The van der Waals surface area contributed by atoms with Crippen LogP contribution < -0.4 is 0 Å². The monoisotopic (exact) mass is 210 g/mol. The van der Waals surface area contributed by atoms with Gasteiger partial charge in [-0.1, -0.05) is 13.8 Å². The lowest BCUT2D eigenvalue weighted by Gasteiger charge is -2.14. The van der Waals surface area contributed by atoms with Gasteiger partial charge in [0.1, 0.15) is 0 Å². The van der Waals surface area contributed by atoms with E-state index in [4.69, 9.17) is 5.11 Å². The third-order valence-electron chi connectivity index (χ3n) is 2.40. The Balaban J connectivity index is 2.98. The minimum Gasteiger partial charge on any atom is -0.481 e. The highest BCUT2D eigenvalue weighted by molar-refractivity contribution is 5.75. The summed E-state index contributed by atoms with van der Waals surface area (Å²) in [6.07, 6.45) is 0.647. The summed E-state index contributed by atoms with van der Waals surface area (Å²) in [5.41, 5.74) is 1.65. The van der Waals surface area contributed by atoms with Crippen molar-refractivity contribution in [2.24, 2.45) is 13.0 Å². The first-order valence-corrected chi connectivity index (χ1v) is 5.15. The van der Waals surface area contributed by atoms with Gasteiger partial charge in [-0.25, -0.2) is 0 Å². The molecule has 1 rings (SSSR count). The first kappa shape index (κ1) is 11.8. The molecule has 0 bridgehead atoms. The van der Waals surface area contributed by atoms with E-state index in [1.807, 2.05) is 26.8 Å². The van der Waals surface area contributed by atoms with Gasteiger partial charge in [0.25, 0.3) is 0 Å². The SMILES string of the molecule is Cc1cc(C(CC(C)C)C(=O)O)n(C)n1. The summed E-state index contributed by atoms with van der Waals surface area (Å²) < 4.78 is 1.66. The van der Waals surface area contributed by atoms with E-state index in [0.717, 1.165) is 11.4 Å². The number of aromatic nitrogens is 2. The van der Waals surface area contributed by atoms with E-state index in [1.54, 1.807) is 11.7 Å². The van der Waals surface area contributed by atoms with Crippen LogP contribution in [-0.4, -0.2) is 20.9 Å². The van der Waals surface area contributed by atoms with Gasteiger partial charge in [0.2, 0.25) is 0 Å². The van der Waals surface area contributed by atoms with Crippen molar-refractivity contribution in [2.75, 3.05) is 0 Å². The van der Waals surface area contributed by atoms with Crippen molar-refractivity contribution in [3.63, 3.8) is 0 Å². The van der Waals surface area contributed by atoms with E-state index in [0.29, 0.717) is 12.3 Å². The van der Waals surface area contributed by atoms with Crippen LogP contribution in [0.5, 0.6) is 0 Å². The van der Waals surface area contributed by atoms with Gasteiger partial charge in [0.05, 0.1) is 17.3 Å². The summed E-state index contributed by atoms with van der Waals surface area (Å²) in [5.74, 6) is -0.857. The predicted molar refractivity (Wildman–Crippen MR) is 57.8 cm³/mol. The maximum absolute atomic E-state index is 11.2. The summed E-state index contributed by atoms with van der Waals surface area (Å²) in [5, 5.41) is 13.3. The molecule has 0 aliphatic heterocycles. The molecule has 1 aromatic rings. The normalized spacial score (nSPS) is 13.1. The van der Waals surface area contributed by atoms with Crippen LogP contribution in [0.4, 0.5) is 0 Å². The Morgan fingerprint density at radius 1 is 1.60 bits per heavy atom. The predicted octanol–water partition coefficient (Wildman–Crippen LogP) is 1.94. The lowest BCUT2D eigenvalue weighted by Crippen LogP contribution is -2.17. The summed E-state index contributed by atoms with van der Waals surface area (Å²) in [6.45, 7) is 5.93. The second kappa shape index (κ2) is 4.47. The van der Waals surface area contributed by atoms with Crippen molar-refractivity contribution in [1.82, 2.24) is 9.78 Å². The van der Waals surface area contributed by atoms with Crippen molar-refractivity contribution in [2.45, 2.75) is 33.1 Å². The van der Waals surface area contributed by atoms with Crippen LogP contribution in [0.3, 0.4) is 0 Å². The molecule has 1 N–H and O–H groups in total. The zero-order valence-electron chi connectivity index (χ0n) is 9.69. The molecule has 4 heteroatoms. The number of nitrogens with zero attached hydrogens (tertiary/aromatic N) is 2. The Kier molecular flexibility index (Phi) is 3.50. The van der Waals surface area contributed by atoms with Crippen LogP contribution >= 0.6 is 0 Å². The molecule has 15 heavy (non-hydrogen) atoms. The molecular weight excluding hydrogens is 192 g/mol. The molecule has 0 aliphatic carbocycles. The number of hydrogen-bond acceptors (Lipinski definition) is 2. The van der Waals surface area contributed by atoms with Crippen molar-refractivity contribution in [3.05, 3.63) is 17.5 Å². The number of hydrogen-bond donors (Lipinski definition) is 1. The molecule has 0 aromatic carbocycles. The molecule has 0 saturated heterocycles. The zero-order valence-corrected chi connectivity index (χ0v) is 9.69. The second-order valence-corrected chi connectivity index (χ2v) is 4.35. The van der Waals surface area contributed by atoms with Crippen LogP contribution in [0.2, 0.25) is 0 Å². The molecule has 0 spiro atoms.